The van der Waals surface area contributed by atoms with Crippen LogP contribution in [0.4, 0.5) is 0 Å². The molecular formula is C14H25N. The zero-order chi connectivity index (χ0) is 10.7. The average Bonchev–Trinajstić information content (AvgIpc) is 2.80. The van der Waals surface area contributed by atoms with Gasteiger partial charge in [-0.2, -0.15) is 0 Å². The van der Waals surface area contributed by atoms with Gasteiger partial charge in [-0.25, -0.2) is 0 Å². The first-order chi connectivity index (χ1) is 7.33. The molecule has 86 valence electrons. The molecule has 0 amide bonds. The Balaban J connectivity index is 1.73. The summed E-state index contributed by atoms with van der Waals surface area (Å²) in [6.45, 7) is 2.25. The first kappa shape index (κ1) is 11.2. The molecule has 0 aromatic heterocycles. The molecule has 2 aliphatic carbocycles. The van der Waals surface area contributed by atoms with Crippen molar-refractivity contribution in [2.75, 3.05) is 0 Å². The number of fused-ring (bicyclic) bond motifs is 2. The Morgan fingerprint density at radius 3 is 2.67 bits per heavy atom. The van der Waals surface area contributed by atoms with Gasteiger partial charge >= 0.3 is 0 Å². The van der Waals surface area contributed by atoms with Crippen LogP contribution in [0.1, 0.15) is 51.9 Å². The zero-order valence-electron chi connectivity index (χ0n) is 9.99. The van der Waals surface area contributed by atoms with Crippen LogP contribution in [-0.2, 0) is 0 Å². The molecule has 2 N–H and O–H groups in total. The minimum atomic E-state index is 0.513. The van der Waals surface area contributed by atoms with Crippen molar-refractivity contribution in [2.45, 2.75) is 57.9 Å². The van der Waals surface area contributed by atoms with E-state index >= 15 is 0 Å². The summed E-state index contributed by atoms with van der Waals surface area (Å²) in [5.41, 5.74) is 6.27. The van der Waals surface area contributed by atoms with Crippen molar-refractivity contribution in [3.63, 3.8) is 0 Å². The van der Waals surface area contributed by atoms with Crippen molar-refractivity contribution >= 4 is 0 Å². The van der Waals surface area contributed by atoms with Crippen molar-refractivity contribution in [3.05, 3.63) is 12.2 Å². The predicted octanol–water partition coefficient (Wildman–Crippen LogP) is 3.50. The highest BCUT2D eigenvalue weighted by atomic mass is 14.7. The van der Waals surface area contributed by atoms with Crippen LogP contribution in [0.3, 0.4) is 0 Å². The molecule has 4 unspecified atom stereocenters. The van der Waals surface area contributed by atoms with E-state index in [9.17, 15) is 0 Å². The number of hydrogen-bond donors (Lipinski definition) is 1. The van der Waals surface area contributed by atoms with Gasteiger partial charge in [-0.1, -0.05) is 31.9 Å². The maximum Gasteiger partial charge on any atom is 0.0101 e. The Hall–Kier alpha value is -0.300. The maximum absolute atomic E-state index is 6.27. The van der Waals surface area contributed by atoms with Gasteiger partial charge in [-0.15, -0.1) is 0 Å². The van der Waals surface area contributed by atoms with Crippen LogP contribution in [0.2, 0.25) is 0 Å². The number of unbranched alkanes of at least 4 members (excludes halogenated alkanes) is 2. The van der Waals surface area contributed by atoms with Crippen LogP contribution in [0.15, 0.2) is 12.2 Å². The van der Waals surface area contributed by atoms with Gasteiger partial charge in [0.05, 0.1) is 0 Å². The fourth-order valence-corrected chi connectivity index (χ4v) is 3.50. The Labute approximate surface area is 94.1 Å². The molecular weight excluding hydrogens is 182 g/mol. The fraction of sp³-hybridized carbons (Fsp3) is 0.857. The highest BCUT2D eigenvalue weighted by Crippen LogP contribution is 2.48. The van der Waals surface area contributed by atoms with E-state index in [1.54, 1.807) is 0 Å². The largest absolute Gasteiger partial charge is 0.327 e. The molecule has 1 heteroatoms. The van der Waals surface area contributed by atoms with Crippen LogP contribution in [0.25, 0.3) is 0 Å². The standard InChI is InChI=1S/C14H25N/c1-2-3-4-5-6-7-13-11-8-9-12(10-11)14(13)15/h5-6,11-14H,2-4,7-10,15H2,1H3/b6-5+. The summed E-state index contributed by atoms with van der Waals surface area (Å²) in [5, 5.41) is 0. The summed E-state index contributed by atoms with van der Waals surface area (Å²) in [6.07, 6.45) is 14.2. The maximum atomic E-state index is 6.27. The summed E-state index contributed by atoms with van der Waals surface area (Å²) in [7, 11) is 0. The molecule has 0 aromatic carbocycles. The van der Waals surface area contributed by atoms with E-state index in [2.05, 4.69) is 19.1 Å². The molecule has 2 rings (SSSR count). The number of rotatable bonds is 5. The first-order valence-corrected chi connectivity index (χ1v) is 6.73. The smallest absolute Gasteiger partial charge is 0.0101 e. The summed E-state index contributed by atoms with van der Waals surface area (Å²) in [4.78, 5) is 0. The SMILES string of the molecule is CCCC/C=C/CC1C2CCC(C2)C1N. The lowest BCUT2D eigenvalue weighted by molar-refractivity contribution is 0.291. The van der Waals surface area contributed by atoms with Gasteiger partial charge in [0.25, 0.3) is 0 Å². The van der Waals surface area contributed by atoms with E-state index in [1.165, 1.54) is 44.9 Å². The molecule has 0 radical (unpaired) electrons. The molecule has 2 saturated carbocycles. The van der Waals surface area contributed by atoms with E-state index in [-0.39, 0.29) is 0 Å². The van der Waals surface area contributed by atoms with Gasteiger partial charge in [0.2, 0.25) is 0 Å². The Morgan fingerprint density at radius 2 is 2.00 bits per heavy atom. The molecule has 2 bridgehead atoms. The molecule has 4 atom stereocenters. The Bertz CT molecular complexity index is 219. The second-order valence-electron chi connectivity index (χ2n) is 5.42. The highest BCUT2D eigenvalue weighted by Gasteiger charge is 2.44. The first-order valence-electron chi connectivity index (χ1n) is 6.73. The van der Waals surface area contributed by atoms with Crippen LogP contribution < -0.4 is 5.73 Å². The molecule has 0 spiro atoms. The number of hydrogen-bond acceptors (Lipinski definition) is 1. The van der Waals surface area contributed by atoms with Gasteiger partial charge in [0, 0.05) is 6.04 Å². The molecule has 1 nitrogen and oxygen atoms in total. The Kier molecular flexibility index (Phi) is 3.85. The predicted molar refractivity (Wildman–Crippen MR) is 65.6 cm³/mol. The molecule has 0 aromatic rings. The monoisotopic (exact) mass is 207 g/mol. The van der Waals surface area contributed by atoms with Gasteiger partial charge in [0.15, 0.2) is 0 Å². The topological polar surface area (TPSA) is 26.0 Å². The fourth-order valence-electron chi connectivity index (χ4n) is 3.50. The quantitative estimate of drug-likeness (QED) is 0.542. The third-order valence-corrected chi connectivity index (χ3v) is 4.46. The van der Waals surface area contributed by atoms with Gasteiger partial charge in [-0.3, -0.25) is 0 Å². The van der Waals surface area contributed by atoms with Crippen molar-refractivity contribution in [2.24, 2.45) is 23.5 Å². The molecule has 15 heavy (non-hydrogen) atoms. The van der Waals surface area contributed by atoms with Gasteiger partial charge in [-0.05, 0) is 49.9 Å². The van der Waals surface area contributed by atoms with Crippen LogP contribution in [0.5, 0.6) is 0 Å². The van der Waals surface area contributed by atoms with Crippen molar-refractivity contribution in [1.82, 2.24) is 0 Å². The van der Waals surface area contributed by atoms with Gasteiger partial charge < -0.3 is 5.73 Å². The van der Waals surface area contributed by atoms with E-state index in [4.69, 9.17) is 5.73 Å². The van der Waals surface area contributed by atoms with E-state index in [0.29, 0.717) is 6.04 Å². The van der Waals surface area contributed by atoms with Crippen molar-refractivity contribution < 1.29 is 0 Å². The van der Waals surface area contributed by atoms with Crippen LogP contribution >= 0.6 is 0 Å². The summed E-state index contributed by atoms with van der Waals surface area (Å²) in [5.74, 6) is 2.63. The Morgan fingerprint density at radius 1 is 1.20 bits per heavy atom. The summed E-state index contributed by atoms with van der Waals surface area (Å²) in [6, 6.07) is 0.513. The average molecular weight is 207 g/mol. The van der Waals surface area contributed by atoms with Crippen molar-refractivity contribution in [1.29, 1.82) is 0 Å². The normalized spacial score (nSPS) is 39.3. The van der Waals surface area contributed by atoms with E-state index in [0.717, 1.165) is 17.8 Å². The second kappa shape index (κ2) is 5.16. The van der Waals surface area contributed by atoms with Gasteiger partial charge in [0.1, 0.15) is 0 Å². The summed E-state index contributed by atoms with van der Waals surface area (Å²) >= 11 is 0. The minimum Gasteiger partial charge on any atom is -0.327 e. The number of nitrogens with two attached hydrogens (primary N) is 1. The third-order valence-electron chi connectivity index (χ3n) is 4.46. The molecule has 2 fully saturated rings. The highest BCUT2D eigenvalue weighted by molar-refractivity contribution is 5.01. The van der Waals surface area contributed by atoms with Crippen LogP contribution in [0, 0.1) is 17.8 Å². The molecule has 2 aliphatic rings. The minimum absolute atomic E-state index is 0.513. The molecule has 0 saturated heterocycles. The lowest BCUT2D eigenvalue weighted by Gasteiger charge is -2.27. The lowest BCUT2D eigenvalue weighted by atomic mass is 9.83. The lowest BCUT2D eigenvalue weighted by Crippen LogP contribution is -2.35. The second-order valence-corrected chi connectivity index (χ2v) is 5.42. The third kappa shape index (κ3) is 2.44. The zero-order valence-corrected chi connectivity index (χ0v) is 9.99. The number of allylic oxidation sites excluding steroid dienone is 2. The van der Waals surface area contributed by atoms with E-state index in [1.807, 2.05) is 0 Å². The van der Waals surface area contributed by atoms with E-state index < -0.39 is 0 Å². The van der Waals surface area contributed by atoms with Crippen molar-refractivity contribution in [3.8, 4) is 0 Å². The summed E-state index contributed by atoms with van der Waals surface area (Å²) < 4.78 is 0. The molecule has 0 aliphatic heterocycles. The van der Waals surface area contributed by atoms with Crippen LogP contribution in [-0.4, -0.2) is 6.04 Å². The molecule has 0 heterocycles.